The summed E-state index contributed by atoms with van der Waals surface area (Å²) < 4.78 is 36.7. The van der Waals surface area contributed by atoms with Crippen LogP contribution in [-0.2, 0) is 0 Å². The first-order valence-corrected chi connectivity index (χ1v) is 5.27. The molecule has 0 amide bonds. The predicted octanol–water partition coefficient (Wildman–Crippen LogP) is 2.25. The van der Waals surface area contributed by atoms with E-state index in [4.69, 9.17) is 10.2 Å². The van der Waals surface area contributed by atoms with E-state index >= 15 is 0 Å². The highest BCUT2D eigenvalue weighted by atomic mass is 16.5. The average Bonchev–Trinajstić information content (AvgIpc) is 2.85. The molecular formula is C13H16N2O. The number of benzene rings is 1. The molecule has 0 bridgehead atoms. The Hall–Kier alpha value is -1.48. The SMILES string of the molecule is [2H]C1([2H])C[C@H](c2c[nH]c3ccc(OC)cc23)C([2H])([2H])N1. The average molecular weight is 220 g/mol. The van der Waals surface area contributed by atoms with E-state index in [9.17, 15) is 0 Å². The predicted molar refractivity (Wildman–Crippen MR) is 65.1 cm³/mol. The van der Waals surface area contributed by atoms with Crippen molar-refractivity contribution in [3.63, 3.8) is 0 Å². The quantitative estimate of drug-likeness (QED) is 0.814. The van der Waals surface area contributed by atoms with Crippen LogP contribution in [0.25, 0.3) is 10.9 Å². The number of ether oxygens (including phenoxy) is 1. The standard InChI is InChI=1S/C13H16N2O/c1-16-10-2-3-13-11(6-10)12(8-15-13)9-4-5-14-7-9/h2-3,6,8-9,14-15H,4-5,7H2,1H3/t9-/m0/s1/i5D2,7D2. The highest BCUT2D eigenvalue weighted by molar-refractivity contribution is 5.85. The molecule has 16 heavy (non-hydrogen) atoms. The normalized spacial score (nSPS) is 30.4. The van der Waals surface area contributed by atoms with Crippen molar-refractivity contribution in [2.24, 2.45) is 0 Å². The monoisotopic (exact) mass is 220 g/mol. The van der Waals surface area contributed by atoms with E-state index < -0.39 is 18.9 Å². The fraction of sp³-hybridized carbons (Fsp3) is 0.385. The molecule has 1 fully saturated rings. The molecule has 0 unspecified atom stereocenters. The smallest absolute Gasteiger partial charge is 0.119 e. The van der Waals surface area contributed by atoms with Crippen LogP contribution in [0.2, 0.25) is 0 Å². The molecule has 0 radical (unpaired) electrons. The Morgan fingerprint density at radius 3 is 3.19 bits per heavy atom. The Bertz CT molecular complexity index is 653. The summed E-state index contributed by atoms with van der Waals surface area (Å²) in [7, 11) is 1.59. The van der Waals surface area contributed by atoms with Crippen molar-refractivity contribution < 1.29 is 10.2 Å². The summed E-state index contributed by atoms with van der Waals surface area (Å²) >= 11 is 0. The minimum absolute atomic E-state index is 0.101. The Morgan fingerprint density at radius 1 is 1.50 bits per heavy atom. The third-order valence-electron chi connectivity index (χ3n) is 2.94. The fourth-order valence-electron chi connectivity index (χ4n) is 2.07. The summed E-state index contributed by atoms with van der Waals surface area (Å²) in [5, 5.41) is 3.30. The van der Waals surface area contributed by atoms with Crippen molar-refractivity contribution >= 4 is 10.9 Å². The molecular weight excluding hydrogens is 200 g/mol. The summed E-state index contributed by atoms with van der Waals surface area (Å²) in [4.78, 5) is 3.11. The molecule has 3 heteroatoms. The van der Waals surface area contributed by atoms with Crippen LogP contribution in [-0.4, -0.2) is 25.1 Å². The minimum atomic E-state index is -1.78. The zero-order valence-electron chi connectivity index (χ0n) is 13.0. The van der Waals surface area contributed by atoms with Crippen LogP contribution in [0.5, 0.6) is 5.75 Å². The number of hydrogen-bond acceptors (Lipinski definition) is 2. The number of hydrogen-bond donors (Lipinski definition) is 2. The van der Waals surface area contributed by atoms with E-state index in [1.54, 1.807) is 13.3 Å². The summed E-state index contributed by atoms with van der Waals surface area (Å²) in [5.41, 5.74) is 1.67. The van der Waals surface area contributed by atoms with Gasteiger partial charge in [-0.15, -0.1) is 0 Å². The molecule has 0 spiro atoms. The van der Waals surface area contributed by atoms with Crippen LogP contribution < -0.4 is 10.1 Å². The first kappa shape index (κ1) is 6.30. The number of methoxy groups -OCH3 is 1. The third-order valence-corrected chi connectivity index (χ3v) is 2.94. The van der Waals surface area contributed by atoms with Gasteiger partial charge < -0.3 is 15.0 Å². The van der Waals surface area contributed by atoms with Crippen molar-refractivity contribution in [2.75, 3.05) is 20.1 Å². The first-order valence-electron chi connectivity index (χ1n) is 7.27. The van der Waals surface area contributed by atoms with Crippen LogP contribution in [0.4, 0.5) is 0 Å². The lowest BCUT2D eigenvalue weighted by Gasteiger charge is -2.07. The van der Waals surface area contributed by atoms with Gasteiger partial charge in [0.2, 0.25) is 0 Å². The molecule has 2 aromatic rings. The maximum atomic E-state index is 8.02. The van der Waals surface area contributed by atoms with E-state index in [1.807, 2.05) is 18.2 Å². The van der Waals surface area contributed by atoms with Gasteiger partial charge in [-0.05, 0) is 42.6 Å². The van der Waals surface area contributed by atoms with E-state index in [0.29, 0.717) is 5.75 Å². The van der Waals surface area contributed by atoms with Gasteiger partial charge in [0, 0.05) is 29.1 Å². The highest BCUT2D eigenvalue weighted by Gasteiger charge is 2.19. The van der Waals surface area contributed by atoms with Gasteiger partial charge in [-0.1, -0.05) is 0 Å². The first-order chi connectivity index (χ1) is 9.32. The molecule has 3 nitrogen and oxygen atoms in total. The molecule has 2 heterocycles. The Kier molecular flexibility index (Phi) is 1.51. The van der Waals surface area contributed by atoms with Crippen LogP contribution in [0, 0.1) is 0 Å². The zero-order chi connectivity index (χ0) is 14.5. The lowest BCUT2D eigenvalue weighted by Crippen LogP contribution is -2.07. The zero-order valence-corrected chi connectivity index (χ0v) is 9.00. The lowest BCUT2D eigenvalue weighted by molar-refractivity contribution is 0.415. The van der Waals surface area contributed by atoms with Gasteiger partial charge in [0.05, 0.1) is 7.11 Å². The van der Waals surface area contributed by atoms with Gasteiger partial charge in [-0.2, -0.15) is 0 Å². The topological polar surface area (TPSA) is 37.0 Å². The van der Waals surface area contributed by atoms with Crippen molar-refractivity contribution in [2.45, 2.75) is 12.3 Å². The molecule has 2 N–H and O–H groups in total. The van der Waals surface area contributed by atoms with Gasteiger partial charge in [0.1, 0.15) is 5.75 Å². The molecule has 0 saturated carbocycles. The second-order valence-corrected chi connectivity index (χ2v) is 3.86. The maximum absolute atomic E-state index is 8.02. The molecule has 1 aliphatic heterocycles. The highest BCUT2D eigenvalue weighted by Crippen LogP contribution is 2.31. The van der Waals surface area contributed by atoms with Crippen molar-refractivity contribution in [3.05, 3.63) is 30.0 Å². The van der Waals surface area contributed by atoms with Gasteiger partial charge >= 0.3 is 0 Å². The van der Waals surface area contributed by atoms with E-state index in [-0.39, 0.29) is 6.42 Å². The number of aromatic nitrogens is 1. The molecule has 1 atom stereocenters. The number of H-pyrrole nitrogens is 1. The van der Waals surface area contributed by atoms with Crippen molar-refractivity contribution in [3.8, 4) is 5.75 Å². The van der Waals surface area contributed by atoms with E-state index in [1.165, 1.54) is 0 Å². The van der Waals surface area contributed by atoms with Crippen LogP contribution >= 0.6 is 0 Å². The van der Waals surface area contributed by atoms with Crippen molar-refractivity contribution in [1.82, 2.24) is 10.3 Å². The minimum Gasteiger partial charge on any atom is -0.497 e. The molecule has 1 aromatic carbocycles. The number of aromatic amines is 1. The second kappa shape index (κ2) is 3.83. The Morgan fingerprint density at radius 2 is 2.44 bits per heavy atom. The fourth-order valence-corrected chi connectivity index (χ4v) is 2.07. The van der Waals surface area contributed by atoms with Crippen molar-refractivity contribution in [1.29, 1.82) is 0 Å². The largest absolute Gasteiger partial charge is 0.497 e. The maximum Gasteiger partial charge on any atom is 0.119 e. The second-order valence-electron chi connectivity index (χ2n) is 3.86. The molecule has 1 aromatic heterocycles. The van der Waals surface area contributed by atoms with Crippen LogP contribution in [0.15, 0.2) is 24.4 Å². The summed E-state index contributed by atoms with van der Waals surface area (Å²) in [5.74, 6) is 0.159. The van der Waals surface area contributed by atoms with Gasteiger partial charge in [0.15, 0.2) is 0 Å². The number of nitrogens with one attached hydrogen (secondary N) is 2. The molecule has 1 aliphatic rings. The van der Waals surface area contributed by atoms with Crippen LogP contribution in [0.3, 0.4) is 0 Å². The Balaban J connectivity index is 2.10. The summed E-state index contributed by atoms with van der Waals surface area (Å²) in [6.07, 6.45) is 1.86. The van der Waals surface area contributed by atoms with Gasteiger partial charge in [-0.3, -0.25) is 0 Å². The molecule has 84 valence electrons. The van der Waals surface area contributed by atoms with E-state index in [2.05, 4.69) is 10.3 Å². The third kappa shape index (κ3) is 1.48. The van der Waals surface area contributed by atoms with Gasteiger partial charge in [0.25, 0.3) is 0 Å². The lowest BCUT2D eigenvalue weighted by atomic mass is 9.98. The summed E-state index contributed by atoms with van der Waals surface area (Å²) in [6.45, 7) is -3.47. The molecule has 1 saturated heterocycles. The van der Waals surface area contributed by atoms with Gasteiger partial charge in [-0.25, -0.2) is 0 Å². The Labute approximate surface area is 100 Å². The number of rotatable bonds is 2. The molecule has 3 rings (SSSR count). The number of fused-ring (bicyclic) bond motifs is 1. The summed E-state index contributed by atoms with van der Waals surface area (Å²) in [6, 6.07) is 5.57. The van der Waals surface area contributed by atoms with Crippen LogP contribution in [0.1, 0.15) is 23.4 Å². The molecule has 0 aliphatic carbocycles. The van der Waals surface area contributed by atoms with E-state index in [0.717, 1.165) is 16.5 Å².